The second kappa shape index (κ2) is 8.14. The quantitative estimate of drug-likeness (QED) is 0.438. The summed E-state index contributed by atoms with van der Waals surface area (Å²) < 4.78 is 0. The van der Waals surface area contributed by atoms with E-state index in [2.05, 4.69) is 109 Å². The van der Waals surface area contributed by atoms with E-state index >= 15 is 0 Å². The van der Waals surface area contributed by atoms with Crippen molar-refractivity contribution < 1.29 is 0 Å². The predicted molar refractivity (Wildman–Crippen MR) is 121 cm³/mol. The van der Waals surface area contributed by atoms with Crippen LogP contribution in [0.4, 0.5) is 0 Å². The maximum atomic E-state index is 2.92. The molecule has 0 heterocycles. The molecule has 26 heavy (non-hydrogen) atoms. The highest BCUT2D eigenvalue weighted by atomic mass is 15.3. The van der Waals surface area contributed by atoms with Crippen LogP contribution in [0, 0.1) is 22.2 Å². The van der Waals surface area contributed by atoms with Crippen LogP contribution in [-0.2, 0) is 0 Å². The summed E-state index contributed by atoms with van der Waals surface area (Å²) in [4.78, 5) is 2.92. The Morgan fingerprint density at radius 2 is 1.00 bits per heavy atom. The van der Waals surface area contributed by atoms with Crippen LogP contribution in [-0.4, -0.2) is 22.0 Å². The van der Waals surface area contributed by atoms with Gasteiger partial charge in [0.1, 0.15) is 0 Å². The molecule has 1 unspecified atom stereocenters. The molecule has 1 heteroatoms. The fraction of sp³-hybridized carbons (Fsp3) is 1.00. The zero-order valence-electron chi connectivity index (χ0n) is 21.2. The first kappa shape index (κ1) is 26.0. The van der Waals surface area contributed by atoms with Gasteiger partial charge in [-0.3, -0.25) is 4.90 Å². The van der Waals surface area contributed by atoms with Crippen molar-refractivity contribution in [2.45, 2.75) is 140 Å². The van der Waals surface area contributed by atoms with Crippen LogP contribution in [0.3, 0.4) is 0 Å². The third-order valence-electron chi connectivity index (χ3n) is 5.55. The highest BCUT2D eigenvalue weighted by Crippen LogP contribution is 2.45. The van der Waals surface area contributed by atoms with Gasteiger partial charge in [-0.05, 0) is 69.1 Å². The van der Waals surface area contributed by atoms with Gasteiger partial charge < -0.3 is 0 Å². The molecule has 0 bridgehead atoms. The van der Waals surface area contributed by atoms with Crippen molar-refractivity contribution in [1.82, 2.24) is 4.90 Å². The fourth-order valence-electron chi connectivity index (χ4n) is 5.44. The Kier molecular flexibility index (Phi) is 8.13. The molecule has 0 saturated heterocycles. The molecular weight excluding hydrogens is 314 g/mol. The third-order valence-corrected chi connectivity index (χ3v) is 5.55. The number of rotatable bonds is 7. The summed E-state index contributed by atoms with van der Waals surface area (Å²) in [6.07, 6.45) is 3.71. The Morgan fingerprint density at radius 3 is 1.27 bits per heavy atom. The van der Waals surface area contributed by atoms with E-state index in [9.17, 15) is 0 Å². The average Bonchev–Trinajstić information content (AvgIpc) is 2.27. The predicted octanol–water partition coefficient (Wildman–Crippen LogP) is 8.18. The highest BCUT2D eigenvalue weighted by molar-refractivity contribution is 5.02. The standard InChI is InChI=1S/C25H53N/c1-19(2)20(23(9,10)11)26(25(14,15)18-22(6,7)8)24(12,13)17-16-21(3,4)5/h19-20H,16-18H2,1-15H3. The van der Waals surface area contributed by atoms with Gasteiger partial charge >= 0.3 is 0 Å². The van der Waals surface area contributed by atoms with E-state index in [1.54, 1.807) is 0 Å². The van der Waals surface area contributed by atoms with E-state index in [0.29, 0.717) is 22.8 Å². The topological polar surface area (TPSA) is 3.24 Å². The molecule has 0 rings (SSSR count). The minimum Gasteiger partial charge on any atom is -0.289 e. The normalized spacial score (nSPS) is 16.5. The Bertz CT molecular complexity index is 421. The second-order valence-corrected chi connectivity index (χ2v) is 13.8. The van der Waals surface area contributed by atoms with E-state index in [0.717, 1.165) is 0 Å². The molecule has 0 aromatic rings. The van der Waals surface area contributed by atoms with Crippen molar-refractivity contribution in [3.8, 4) is 0 Å². The minimum absolute atomic E-state index is 0.155. The van der Waals surface area contributed by atoms with Gasteiger partial charge in [-0.1, -0.05) is 76.2 Å². The van der Waals surface area contributed by atoms with Gasteiger partial charge in [-0.2, -0.15) is 0 Å². The summed E-state index contributed by atoms with van der Waals surface area (Å²) in [6.45, 7) is 36.3. The van der Waals surface area contributed by atoms with Gasteiger partial charge in [0.2, 0.25) is 0 Å². The zero-order chi connectivity index (χ0) is 21.4. The summed E-state index contributed by atoms with van der Waals surface area (Å²) in [6, 6.07) is 0.551. The highest BCUT2D eigenvalue weighted by Gasteiger charge is 2.48. The largest absolute Gasteiger partial charge is 0.289 e. The van der Waals surface area contributed by atoms with Crippen molar-refractivity contribution >= 4 is 0 Å². The molecule has 0 saturated carbocycles. The lowest BCUT2D eigenvalue weighted by Gasteiger charge is -2.59. The Labute approximate surface area is 167 Å². The van der Waals surface area contributed by atoms with Crippen molar-refractivity contribution in [1.29, 1.82) is 0 Å². The van der Waals surface area contributed by atoms with E-state index < -0.39 is 0 Å². The molecular formula is C25H53N. The van der Waals surface area contributed by atoms with Crippen LogP contribution in [0.1, 0.15) is 123 Å². The van der Waals surface area contributed by atoms with Gasteiger partial charge in [0.15, 0.2) is 0 Å². The number of hydrogen-bond acceptors (Lipinski definition) is 1. The summed E-state index contributed by atoms with van der Waals surface area (Å²) in [7, 11) is 0. The molecule has 0 fully saturated rings. The molecule has 1 nitrogen and oxygen atoms in total. The molecule has 1 atom stereocenters. The zero-order valence-corrected chi connectivity index (χ0v) is 21.2. The molecule has 0 spiro atoms. The lowest BCUT2D eigenvalue weighted by molar-refractivity contribution is -0.0975. The molecule has 0 radical (unpaired) electrons. The summed E-state index contributed by atoms with van der Waals surface area (Å²) in [5.74, 6) is 0.628. The van der Waals surface area contributed by atoms with Gasteiger partial charge in [0.05, 0.1) is 0 Å². The minimum atomic E-state index is 0.155. The van der Waals surface area contributed by atoms with Gasteiger partial charge in [-0.25, -0.2) is 0 Å². The van der Waals surface area contributed by atoms with Gasteiger partial charge in [-0.15, -0.1) is 0 Å². The lowest BCUT2D eigenvalue weighted by Crippen LogP contribution is -2.65. The first-order chi connectivity index (χ1) is 11.1. The Morgan fingerprint density at radius 1 is 0.577 bits per heavy atom. The van der Waals surface area contributed by atoms with Crippen molar-refractivity contribution in [2.24, 2.45) is 22.2 Å². The first-order valence-electron chi connectivity index (χ1n) is 10.9. The molecule has 0 aliphatic rings. The van der Waals surface area contributed by atoms with Crippen LogP contribution in [0.5, 0.6) is 0 Å². The Hall–Kier alpha value is -0.0400. The van der Waals surface area contributed by atoms with Gasteiger partial charge in [0, 0.05) is 17.1 Å². The van der Waals surface area contributed by atoms with E-state index in [1.807, 2.05) is 0 Å². The smallest absolute Gasteiger partial charge is 0.0177 e. The van der Waals surface area contributed by atoms with Crippen LogP contribution in [0.2, 0.25) is 0 Å². The molecule has 158 valence electrons. The maximum Gasteiger partial charge on any atom is 0.0177 e. The van der Waals surface area contributed by atoms with E-state index in [1.165, 1.54) is 19.3 Å². The van der Waals surface area contributed by atoms with Crippen LogP contribution in [0.15, 0.2) is 0 Å². The maximum absolute atomic E-state index is 2.92. The summed E-state index contributed by atoms with van der Waals surface area (Å²) in [5, 5.41) is 0. The fourth-order valence-corrected chi connectivity index (χ4v) is 5.44. The molecule has 0 aliphatic heterocycles. The lowest BCUT2D eigenvalue weighted by atomic mass is 9.70. The molecule has 0 amide bonds. The van der Waals surface area contributed by atoms with Crippen molar-refractivity contribution in [3.63, 3.8) is 0 Å². The average molecular weight is 368 g/mol. The van der Waals surface area contributed by atoms with Gasteiger partial charge in [0.25, 0.3) is 0 Å². The molecule has 0 aromatic heterocycles. The monoisotopic (exact) mass is 367 g/mol. The molecule has 0 aliphatic carbocycles. The molecule has 0 N–H and O–H groups in total. The van der Waals surface area contributed by atoms with Crippen LogP contribution in [0.25, 0.3) is 0 Å². The first-order valence-corrected chi connectivity index (χ1v) is 10.9. The second-order valence-electron chi connectivity index (χ2n) is 13.8. The third kappa shape index (κ3) is 8.32. The van der Waals surface area contributed by atoms with E-state index in [-0.39, 0.29) is 16.5 Å². The van der Waals surface area contributed by atoms with Crippen LogP contribution >= 0.6 is 0 Å². The number of hydrogen-bond donors (Lipinski definition) is 0. The van der Waals surface area contributed by atoms with Crippen LogP contribution < -0.4 is 0 Å². The number of nitrogens with zero attached hydrogens (tertiary/aromatic N) is 1. The van der Waals surface area contributed by atoms with Crippen molar-refractivity contribution in [2.75, 3.05) is 0 Å². The Balaban J connectivity index is 6.18. The summed E-state index contributed by atoms with van der Waals surface area (Å²) in [5.41, 5.74) is 1.28. The summed E-state index contributed by atoms with van der Waals surface area (Å²) >= 11 is 0. The molecule has 0 aromatic carbocycles. The SMILES string of the molecule is CC(C)C(N(C(C)(C)CCC(C)(C)C)C(C)(C)CC(C)(C)C)C(C)(C)C. The van der Waals surface area contributed by atoms with E-state index in [4.69, 9.17) is 0 Å². The van der Waals surface area contributed by atoms with Crippen molar-refractivity contribution in [3.05, 3.63) is 0 Å².